The highest BCUT2D eigenvalue weighted by molar-refractivity contribution is 5.58. The number of nitrogens with one attached hydrogen (secondary N) is 1. The second-order valence-electron chi connectivity index (χ2n) is 5.30. The summed E-state index contributed by atoms with van der Waals surface area (Å²) in [6, 6.07) is 8.66. The number of hydrogen-bond donors (Lipinski definition) is 2. The molecule has 2 heterocycles. The van der Waals surface area contributed by atoms with Crippen LogP contribution in [0.15, 0.2) is 36.7 Å². The van der Waals surface area contributed by atoms with E-state index < -0.39 is 0 Å². The van der Waals surface area contributed by atoms with Crippen LogP contribution in [0.4, 0.5) is 5.82 Å². The quantitative estimate of drug-likeness (QED) is 0.893. The van der Waals surface area contributed by atoms with E-state index in [4.69, 9.17) is 5.73 Å². The summed E-state index contributed by atoms with van der Waals surface area (Å²) in [5.41, 5.74) is 7.74. The number of aromatic nitrogens is 3. The summed E-state index contributed by atoms with van der Waals surface area (Å²) < 4.78 is 0. The minimum atomic E-state index is 0.368. The first-order valence-electron chi connectivity index (χ1n) is 7.07. The zero-order valence-electron chi connectivity index (χ0n) is 11.4. The van der Waals surface area contributed by atoms with E-state index in [2.05, 4.69) is 20.5 Å². The van der Waals surface area contributed by atoms with Crippen LogP contribution in [0.25, 0.3) is 11.3 Å². The van der Waals surface area contributed by atoms with Crippen molar-refractivity contribution in [3.8, 4) is 11.3 Å². The van der Waals surface area contributed by atoms with E-state index in [-0.39, 0.29) is 0 Å². The first kappa shape index (κ1) is 13.0. The van der Waals surface area contributed by atoms with Gasteiger partial charge in [0.25, 0.3) is 0 Å². The van der Waals surface area contributed by atoms with Crippen LogP contribution in [0, 0.1) is 0 Å². The number of hydrogen-bond acceptors (Lipinski definition) is 5. The molecule has 0 radical (unpaired) electrons. The van der Waals surface area contributed by atoms with Crippen molar-refractivity contribution in [2.75, 3.05) is 5.32 Å². The van der Waals surface area contributed by atoms with E-state index in [9.17, 15) is 0 Å². The van der Waals surface area contributed by atoms with E-state index >= 15 is 0 Å². The van der Waals surface area contributed by atoms with E-state index in [1.54, 1.807) is 12.4 Å². The molecule has 0 spiro atoms. The van der Waals surface area contributed by atoms with Crippen molar-refractivity contribution < 1.29 is 0 Å². The molecule has 2 aromatic heterocycles. The van der Waals surface area contributed by atoms with E-state index in [0.29, 0.717) is 12.1 Å². The summed E-state index contributed by atoms with van der Waals surface area (Å²) in [7, 11) is 0. The van der Waals surface area contributed by atoms with Crippen LogP contribution in [-0.4, -0.2) is 27.3 Å². The molecular formula is C15H19N5. The number of pyridine rings is 1. The predicted molar refractivity (Wildman–Crippen MR) is 79.1 cm³/mol. The average Bonchev–Trinajstić information content (AvgIpc) is 2.51. The van der Waals surface area contributed by atoms with Gasteiger partial charge in [-0.25, -0.2) is 0 Å². The van der Waals surface area contributed by atoms with Crippen LogP contribution in [0.2, 0.25) is 0 Å². The van der Waals surface area contributed by atoms with Gasteiger partial charge in [0.15, 0.2) is 0 Å². The highest BCUT2D eigenvalue weighted by Gasteiger charge is 2.18. The first-order chi connectivity index (χ1) is 9.81. The largest absolute Gasteiger partial charge is 0.366 e. The fraction of sp³-hybridized carbons (Fsp3) is 0.400. The van der Waals surface area contributed by atoms with Gasteiger partial charge in [-0.3, -0.25) is 4.98 Å². The molecule has 1 aliphatic rings. The molecule has 5 nitrogen and oxygen atoms in total. The van der Waals surface area contributed by atoms with Crippen molar-refractivity contribution in [2.45, 2.75) is 37.8 Å². The fourth-order valence-electron chi connectivity index (χ4n) is 2.55. The number of nitrogens with two attached hydrogens (primary N) is 1. The molecule has 0 saturated heterocycles. The van der Waals surface area contributed by atoms with Gasteiger partial charge in [-0.2, -0.15) is 0 Å². The second-order valence-corrected chi connectivity index (χ2v) is 5.30. The lowest BCUT2D eigenvalue weighted by Crippen LogP contribution is -2.33. The molecular weight excluding hydrogens is 250 g/mol. The van der Waals surface area contributed by atoms with Crippen LogP contribution >= 0.6 is 0 Å². The van der Waals surface area contributed by atoms with Crippen molar-refractivity contribution in [1.82, 2.24) is 15.2 Å². The van der Waals surface area contributed by atoms with Gasteiger partial charge in [-0.05, 0) is 49.9 Å². The molecule has 104 valence electrons. The molecule has 1 aliphatic carbocycles. The minimum absolute atomic E-state index is 0.368. The van der Waals surface area contributed by atoms with Crippen LogP contribution in [-0.2, 0) is 0 Å². The Balaban J connectivity index is 1.65. The number of nitrogens with zero attached hydrogens (tertiary/aromatic N) is 3. The number of rotatable bonds is 3. The highest BCUT2D eigenvalue weighted by atomic mass is 15.2. The Labute approximate surface area is 118 Å². The van der Waals surface area contributed by atoms with Gasteiger partial charge in [-0.15, -0.1) is 10.2 Å². The Kier molecular flexibility index (Phi) is 3.87. The van der Waals surface area contributed by atoms with Gasteiger partial charge in [0, 0.05) is 30.0 Å². The Hall–Kier alpha value is -2.01. The molecule has 20 heavy (non-hydrogen) atoms. The lowest BCUT2D eigenvalue weighted by atomic mass is 9.92. The summed E-state index contributed by atoms with van der Waals surface area (Å²) >= 11 is 0. The maximum Gasteiger partial charge on any atom is 0.148 e. The molecule has 5 heteroatoms. The van der Waals surface area contributed by atoms with Crippen molar-refractivity contribution in [1.29, 1.82) is 0 Å². The molecule has 1 saturated carbocycles. The van der Waals surface area contributed by atoms with Crippen LogP contribution < -0.4 is 11.1 Å². The molecule has 0 aliphatic heterocycles. The predicted octanol–water partition coefficient (Wildman–Crippen LogP) is 2.22. The normalized spacial score (nSPS) is 22.4. The molecule has 0 atom stereocenters. The summed E-state index contributed by atoms with van der Waals surface area (Å²) in [5, 5.41) is 11.9. The molecule has 0 bridgehead atoms. The Morgan fingerprint density at radius 1 is 1.05 bits per heavy atom. The topological polar surface area (TPSA) is 76.7 Å². The third-order valence-corrected chi connectivity index (χ3v) is 3.75. The first-order valence-corrected chi connectivity index (χ1v) is 7.07. The third kappa shape index (κ3) is 3.11. The van der Waals surface area contributed by atoms with Crippen molar-refractivity contribution in [3.63, 3.8) is 0 Å². The Morgan fingerprint density at radius 2 is 1.90 bits per heavy atom. The second kappa shape index (κ2) is 5.96. The zero-order valence-corrected chi connectivity index (χ0v) is 11.4. The van der Waals surface area contributed by atoms with Crippen LogP contribution in [0.1, 0.15) is 25.7 Å². The van der Waals surface area contributed by atoms with Gasteiger partial charge in [0.1, 0.15) is 5.82 Å². The Morgan fingerprint density at radius 3 is 2.55 bits per heavy atom. The smallest absolute Gasteiger partial charge is 0.148 e. The van der Waals surface area contributed by atoms with Crippen molar-refractivity contribution in [3.05, 3.63) is 36.7 Å². The van der Waals surface area contributed by atoms with Gasteiger partial charge in [0.2, 0.25) is 0 Å². The summed E-state index contributed by atoms with van der Waals surface area (Å²) in [4.78, 5) is 4.09. The summed E-state index contributed by atoms with van der Waals surface area (Å²) in [6.45, 7) is 0. The van der Waals surface area contributed by atoms with Gasteiger partial charge in [-0.1, -0.05) is 0 Å². The average molecular weight is 269 g/mol. The standard InChI is InChI=1S/C15H19N5/c16-12-3-5-13(6-4-12)18-15-8-7-14(19-20-15)11-2-1-9-17-10-11/h1-2,7-10,12-13H,3-6,16H2,(H,18,20). The lowest BCUT2D eigenvalue weighted by Gasteiger charge is -2.26. The fourth-order valence-corrected chi connectivity index (χ4v) is 2.55. The molecule has 0 amide bonds. The molecule has 0 aromatic carbocycles. The lowest BCUT2D eigenvalue weighted by molar-refractivity contribution is 0.410. The van der Waals surface area contributed by atoms with E-state index in [1.807, 2.05) is 24.3 Å². The highest BCUT2D eigenvalue weighted by Crippen LogP contribution is 2.21. The zero-order chi connectivity index (χ0) is 13.8. The summed E-state index contributed by atoms with van der Waals surface area (Å²) in [6.07, 6.45) is 7.92. The minimum Gasteiger partial charge on any atom is -0.366 e. The SMILES string of the molecule is NC1CCC(Nc2ccc(-c3cccnc3)nn2)CC1. The maximum absolute atomic E-state index is 5.91. The van der Waals surface area contributed by atoms with Gasteiger partial charge in [0.05, 0.1) is 5.69 Å². The van der Waals surface area contributed by atoms with E-state index in [0.717, 1.165) is 42.8 Å². The van der Waals surface area contributed by atoms with Gasteiger partial charge < -0.3 is 11.1 Å². The molecule has 3 rings (SSSR count). The number of anilines is 1. The van der Waals surface area contributed by atoms with Crippen LogP contribution in [0.5, 0.6) is 0 Å². The van der Waals surface area contributed by atoms with E-state index in [1.165, 1.54) is 0 Å². The molecule has 2 aromatic rings. The van der Waals surface area contributed by atoms with Crippen molar-refractivity contribution >= 4 is 5.82 Å². The monoisotopic (exact) mass is 269 g/mol. The molecule has 0 unspecified atom stereocenters. The van der Waals surface area contributed by atoms with Crippen molar-refractivity contribution in [2.24, 2.45) is 5.73 Å². The van der Waals surface area contributed by atoms with Crippen LogP contribution in [0.3, 0.4) is 0 Å². The molecule has 3 N–H and O–H groups in total. The third-order valence-electron chi connectivity index (χ3n) is 3.75. The van der Waals surface area contributed by atoms with Gasteiger partial charge >= 0.3 is 0 Å². The molecule has 1 fully saturated rings. The maximum atomic E-state index is 5.91. The Bertz CT molecular complexity index is 532. The summed E-state index contributed by atoms with van der Waals surface area (Å²) in [5.74, 6) is 0.832.